The zero-order chi connectivity index (χ0) is 15.4. The van der Waals surface area contributed by atoms with Crippen LogP contribution in [-0.4, -0.2) is 66.0 Å². The molecule has 11 heteroatoms. The molecule has 19 heavy (non-hydrogen) atoms. The summed E-state index contributed by atoms with van der Waals surface area (Å²) in [6.07, 6.45) is -0.806. The number of carboxylic acids is 2. The third-order valence-corrected chi connectivity index (χ3v) is 1.07. The topological polar surface area (TPSA) is 94.8 Å². The number of carbonyl (C=O) groups is 2. The third-order valence-electron chi connectivity index (χ3n) is 1.07. The van der Waals surface area contributed by atoms with Crippen LogP contribution in [0.15, 0.2) is 0 Å². The van der Waals surface area contributed by atoms with Gasteiger partial charge in [-0.05, 0) is 0 Å². The van der Waals surface area contributed by atoms with Crippen LogP contribution >= 0.6 is 29.1 Å². The summed E-state index contributed by atoms with van der Waals surface area (Å²) in [6.45, 7) is 1.11. The van der Waals surface area contributed by atoms with Crippen LogP contribution in [0.1, 0.15) is 6.42 Å². The van der Waals surface area contributed by atoms with Crippen LogP contribution in [0.5, 0.6) is 0 Å². The maximum absolute atomic E-state index is 9.43. The van der Waals surface area contributed by atoms with E-state index in [-0.39, 0.29) is 19.0 Å². The number of likely N-dealkylation sites (N-methyl/N-ethyl adjacent to an activating group) is 1. The molecule has 0 aliphatic heterocycles. The number of aliphatic hydroxyl groups excluding tert-OH is 1. The first-order chi connectivity index (χ1) is 7.92. The van der Waals surface area contributed by atoms with Gasteiger partial charge in [-0.3, -0.25) is 9.59 Å². The molecule has 0 rings (SSSR count). The Morgan fingerprint density at radius 1 is 1.05 bits per heavy atom. The van der Waals surface area contributed by atoms with E-state index in [4.69, 9.17) is 44.4 Å². The van der Waals surface area contributed by atoms with E-state index in [0.717, 1.165) is 11.0 Å². The Balaban J connectivity index is -0.0000000900. The number of quaternary nitrogens is 1. The second kappa shape index (κ2) is 16.7. The second-order valence-corrected chi connectivity index (χ2v) is 11.8. The Morgan fingerprint density at radius 3 is 1.32 bits per heavy atom. The molecule has 0 aliphatic rings. The Morgan fingerprint density at radius 2 is 1.32 bits per heavy atom. The van der Waals surface area contributed by atoms with Crippen LogP contribution < -0.4 is 12.4 Å². The van der Waals surface area contributed by atoms with Gasteiger partial charge in [0, 0.05) is 0 Å². The fourth-order valence-corrected chi connectivity index (χ4v) is 0.429. The number of carboxylic acid groups (broad SMARTS) is 2. The zero-order valence-electron chi connectivity index (χ0n) is 10.6. The quantitative estimate of drug-likeness (QED) is 0.269. The summed E-state index contributed by atoms with van der Waals surface area (Å²) in [5.74, 6) is -2.62. The van der Waals surface area contributed by atoms with Gasteiger partial charge in [-0.1, -0.05) is 0 Å². The molecular weight excluding hydrogens is 433 g/mol. The van der Waals surface area contributed by atoms with Gasteiger partial charge in [0.2, 0.25) is 0 Å². The molecule has 0 heterocycles. The normalized spacial score (nSPS) is 9.74. The molecule has 0 aromatic rings. The standard InChI is InChI=1S/C5H14NO.C3H4O4.4ClH.Ru/c1-6(2,3)4-5-7;4-2(5)1-3(6)7;;;;;/h7H,4-5H2,1-3H3;1H2,(H,4,5)(H,6,7);4*1H;/q+1;;;;;;+3/p-4. The average molecular weight is 451 g/mol. The van der Waals surface area contributed by atoms with Crippen molar-refractivity contribution in [1.29, 1.82) is 0 Å². The molecule has 0 bridgehead atoms. The van der Waals surface area contributed by atoms with Gasteiger partial charge in [0.05, 0.1) is 27.7 Å². The first-order valence-electron chi connectivity index (χ1n) is 4.44. The van der Waals surface area contributed by atoms with E-state index in [1.54, 1.807) is 0 Å². The van der Waals surface area contributed by atoms with Crippen molar-refractivity contribution >= 4 is 41.0 Å². The summed E-state index contributed by atoms with van der Waals surface area (Å²) in [7, 11) is 21.0. The van der Waals surface area contributed by atoms with Crippen molar-refractivity contribution in [3.8, 4) is 0 Å². The SMILES string of the molecule is C[N+](C)(C)CCO.O=C(O)CC(=O)O.[Cl-].[Cl][Ru]([Cl])[Cl]. The zero-order valence-corrected chi connectivity index (χ0v) is 15.4. The molecule has 0 unspecified atom stereocenters. The van der Waals surface area contributed by atoms with E-state index >= 15 is 0 Å². The minimum atomic E-state index is -1.75. The van der Waals surface area contributed by atoms with Crippen LogP contribution in [0.4, 0.5) is 0 Å². The van der Waals surface area contributed by atoms with Crippen molar-refractivity contribution < 1.29 is 54.8 Å². The van der Waals surface area contributed by atoms with Gasteiger partial charge in [-0.2, -0.15) is 0 Å². The van der Waals surface area contributed by atoms with Gasteiger partial charge >= 0.3 is 54.0 Å². The maximum atomic E-state index is 9.43. The second-order valence-electron chi connectivity index (χ2n) is 3.85. The van der Waals surface area contributed by atoms with Crippen molar-refractivity contribution in [1.82, 2.24) is 0 Å². The molecule has 3 N–H and O–H groups in total. The van der Waals surface area contributed by atoms with Crippen LogP contribution in [0.2, 0.25) is 0 Å². The van der Waals surface area contributed by atoms with Crippen LogP contribution in [0, 0.1) is 0 Å². The Bertz CT molecular complexity index is 223. The van der Waals surface area contributed by atoms with Gasteiger partial charge in [-0.25, -0.2) is 0 Å². The number of aliphatic hydroxyl groups is 1. The predicted molar refractivity (Wildman–Crippen MR) is 67.4 cm³/mol. The van der Waals surface area contributed by atoms with Crippen LogP contribution in [-0.2, 0) is 22.6 Å². The van der Waals surface area contributed by atoms with Crippen molar-refractivity contribution in [2.75, 3.05) is 34.3 Å². The van der Waals surface area contributed by atoms with E-state index in [9.17, 15) is 9.59 Å². The molecule has 0 aromatic heterocycles. The van der Waals surface area contributed by atoms with E-state index in [1.165, 1.54) is 0 Å². The monoisotopic (exact) mass is 450 g/mol. The summed E-state index contributed by atoms with van der Waals surface area (Å²) in [4.78, 5) is 18.9. The van der Waals surface area contributed by atoms with Gasteiger partial charge in [-0.15, -0.1) is 0 Å². The summed E-state index contributed by atoms with van der Waals surface area (Å²) < 4.78 is 0.844. The number of hydrogen-bond donors (Lipinski definition) is 3. The fraction of sp³-hybridized carbons (Fsp3) is 0.750. The molecule has 0 saturated carbocycles. The molecular formula is C8H18Cl4NO5Ru. The number of hydrogen-bond acceptors (Lipinski definition) is 3. The first-order valence-corrected chi connectivity index (χ1v) is 11.2. The van der Waals surface area contributed by atoms with Gasteiger partial charge in [0.1, 0.15) is 13.0 Å². The molecule has 0 fully saturated rings. The average Bonchev–Trinajstić information content (AvgIpc) is 1.97. The van der Waals surface area contributed by atoms with Crippen molar-refractivity contribution in [2.24, 2.45) is 0 Å². The molecule has 0 spiro atoms. The molecule has 0 aliphatic carbocycles. The summed E-state index contributed by atoms with van der Waals surface area (Å²) in [6, 6.07) is 0. The fourth-order valence-electron chi connectivity index (χ4n) is 0.429. The van der Waals surface area contributed by atoms with Crippen molar-refractivity contribution in [2.45, 2.75) is 6.42 Å². The molecule has 0 aromatic carbocycles. The summed E-state index contributed by atoms with van der Waals surface area (Å²) in [5, 5.41) is 23.8. The van der Waals surface area contributed by atoms with E-state index in [2.05, 4.69) is 21.1 Å². The van der Waals surface area contributed by atoms with Crippen LogP contribution in [0.25, 0.3) is 0 Å². The summed E-state index contributed by atoms with van der Waals surface area (Å²) in [5.41, 5.74) is 0. The first kappa shape index (κ1) is 27.9. The number of nitrogens with zero attached hydrogens (tertiary/aromatic N) is 1. The van der Waals surface area contributed by atoms with Crippen molar-refractivity contribution in [3.05, 3.63) is 0 Å². The number of aliphatic carboxylic acids is 2. The number of rotatable bonds is 4. The molecule has 0 saturated heterocycles. The van der Waals surface area contributed by atoms with E-state index < -0.39 is 31.3 Å². The minimum absolute atomic E-state index is 0. The van der Waals surface area contributed by atoms with E-state index in [0.29, 0.717) is 0 Å². The van der Waals surface area contributed by atoms with E-state index in [1.807, 2.05) is 0 Å². The Labute approximate surface area is 136 Å². The van der Waals surface area contributed by atoms with Gasteiger partial charge < -0.3 is 32.2 Å². The van der Waals surface area contributed by atoms with Crippen LogP contribution in [0.3, 0.4) is 0 Å². The summed E-state index contributed by atoms with van der Waals surface area (Å²) >= 11 is -1.75. The third kappa shape index (κ3) is 69.1. The van der Waals surface area contributed by atoms with Gasteiger partial charge in [0.25, 0.3) is 0 Å². The molecule has 0 amide bonds. The molecule has 6 nitrogen and oxygen atoms in total. The predicted octanol–water partition coefficient (Wildman–Crippen LogP) is -1.70. The molecule has 0 radical (unpaired) electrons. The number of halogens is 4. The Hall–Kier alpha value is 0.643. The van der Waals surface area contributed by atoms with Gasteiger partial charge in [0.15, 0.2) is 0 Å². The molecule has 121 valence electrons. The Kier molecular flexibility index (Phi) is 24.5. The molecule has 0 atom stereocenters. The van der Waals surface area contributed by atoms with Crippen molar-refractivity contribution in [3.63, 3.8) is 0 Å².